The van der Waals surface area contributed by atoms with Crippen LogP contribution >= 0.6 is 11.8 Å². The van der Waals surface area contributed by atoms with Crippen LogP contribution in [0.3, 0.4) is 0 Å². The average Bonchev–Trinajstić information content (AvgIpc) is 2.38. The molecule has 0 bridgehead atoms. The molecule has 1 amide bonds. The molecule has 0 heterocycles. The SMILES string of the molecule is O=C(CSCC(F)(F)F)NC(CCO)c1ccccc1. The Morgan fingerprint density at radius 1 is 1.30 bits per heavy atom. The summed E-state index contributed by atoms with van der Waals surface area (Å²) in [6.07, 6.45) is -3.95. The predicted octanol–water partition coefficient (Wildman–Crippen LogP) is 2.52. The van der Waals surface area contributed by atoms with Crippen LogP contribution in [-0.2, 0) is 4.79 Å². The van der Waals surface area contributed by atoms with Crippen LogP contribution in [0.25, 0.3) is 0 Å². The number of thioether (sulfide) groups is 1. The summed E-state index contributed by atoms with van der Waals surface area (Å²) in [5.74, 6) is -1.77. The maximum Gasteiger partial charge on any atom is 0.397 e. The van der Waals surface area contributed by atoms with Gasteiger partial charge in [0.2, 0.25) is 5.91 Å². The number of halogens is 3. The van der Waals surface area contributed by atoms with Crippen LogP contribution in [0.1, 0.15) is 18.0 Å². The van der Waals surface area contributed by atoms with Gasteiger partial charge in [-0.3, -0.25) is 4.79 Å². The van der Waals surface area contributed by atoms with E-state index < -0.39 is 17.8 Å². The van der Waals surface area contributed by atoms with E-state index in [0.29, 0.717) is 18.2 Å². The topological polar surface area (TPSA) is 49.3 Å². The Bertz CT molecular complexity index is 412. The Hall–Kier alpha value is -1.21. The van der Waals surface area contributed by atoms with Crippen molar-refractivity contribution in [1.82, 2.24) is 5.32 Å². The summed E-state index contributed by atoms with van der Waals surface area (Å²) in [5.41, 5.74) is 0.815. The van der Waals surface area contributed by atoms with Gasteiger partial charge in [0, 0.05) is 6.61 Å². The molecule has 1 unspecified atom stereocenters. The average molecular weight is 307 g/mol. The molecule has 2 N–H and O–H groups in total. The van der Waals surface area contributed by atoms with Crippen LogP contribution in [-0.4, -0.2) is 35.3 Å². The van der Waals surface area contributed by atoms with Crippen LogP contribution in [0.4, 0.5) is 13.2 Å². The molecule has 0 aliphatic heterocycles. The van der Waals surface area contributed by atoms with E-state index in [4.69, 9.17) is 5.11 Å². The Labute approximate surface area is 119 Å². The number of aliphatic hydroxyl groups excluding tert-OH is 1. The molecular weight excluding hydrogens is 291 g/mol. The molecule has 1 rings (SSSR count). The molecule has 1 aromatic carbocycles. The summed E-state index contributed by atoms with van der Waals surface area (Å²) >= 11 is 0.524. The predicted molar refractivity (Wildman–Crippen MR) is 72.4 cm³/mol. The van der Waals surface area contributed by atoms with E-state index in [9.17, 15) is 18.0 Å². The maximum atomic E-state index is 12.0. The molecule has 0 spiro atoms. The van der Waals surface area contributed by atoms with Crippen molar-refractivity contribution in [3.8, 4) is 0 Å². The van der Waals surface area contributed by atoms with Crippen molar-refractivity contribution >= 4 is 17.7 Å². The minimum atomic E-state index is -4.27. The number of hydrogen-bond donors (Lipinski definition) is 2. The fourth-order valence-electron chi connectivity index (χ4n) is 1.63. The quantitative estimate of drug-likeness (QED) is 0.814. The summed E-state index contributed by atoms with van der Waals surface area (Å²) in [6.45, 7) is -0.116. The highest BCUT2D eigenvalue weighted by molar-refractivity contribution is 8.00. The van der Waals surface area contributed by atoms with Crippen LogP contribution in [0.15, 0.2) is 30.3 Å². The van der Waals surface area contributed by atoms with Crippen molar-refractivity contribution in [2.45, 2.75) is 18.6 Å². The number of amides is 1. The summed E-state index contributed by atoms with van der Waals surface area (Å²) < 4.78 is 35.9. The van der Waals surface area contributed by atoms with Gasteiger partial charge in [0.15, 0.2) is 0 Å². The minimum Gasteiger partial charge on any atom is -0.396 e. The second kappa shape index (κ2) is 8.16. The molecule has 0 saturated carbocycles. The second-order valence-corrected chi connectivity index (χ2v) is 5.14. The van der Waals surface area contributed by atoms with Gasteiger partial charge >= 0.3 is 6.18 Å². The van der Waals surface area contributed by atoms with E-state index in [1.54, 1.807) is 24.3 Å². The molecule has 1 aromatic rings. The molecule has 0 aliphatic rings. The van der Waals surface area contributed by atoms with Gasteiger partial charge < -0.3 is 10.4 Å². The van der Waals surface area contributed by atoms with Crippen molar-refractivity contribution in [2.75, 3.05) is 18.1 Å². The minimum absolute atomic E-state index is 0.116. The van der Waals surface area contributed by atoms with E-state index in [1.807, 2.05) is 6.07 Å². The normalized spacial score (nSPS) is 13.0. The van der Waals surface area contributed by atoms with E-state index in [-0.39, 0.29) is 18.4 Å². The molecule has 0 fully saturated rings. The zero-order valence-electron chi connectivity index (χ0n) is 10.7. The van der Waals surface area contributed by atoms with E-state index in [0.717, 1.165) is 5.56 Å². The molecule has 0 radical (unpaired) electrons. The van der Waals surface area contributed by atoms with Crippen molar-refractivity contribution < 1.29 is 23.1 Å². The number of carbonyl (C=O) groups is 1. The third kappa shape index (κ3) is 6.81. The first kappa shape index (κ1) is 16.8. The lowest BCUT2D eigenvalue weighted by Crippen LogP contribution is -2.31. The lowest BCUT2D eigenvalue weighted by Gasteiger charge is -2.18. The standard InChI is InChI=1S/C13H16F3NO2S/c14-13(15,16)9-20-8-12(19)17-11(6-7-18)10-4-2-1-3-5-10/h1-5,11,18H,6-9H2,(H,17,19). The van der Waals surface area contributed by atoms with Gasteiger partial charge in [0.05, 0.1) is 17.5 Å². The number of alkyl halides is 3. The summed E-state index contributed by atoms with van der Waals surface area (Å²) in [7, 11) is 0. The van der Waals surface area contributed by atoms with Crippen molar-refractivity contribution in [3.63, 3.8) is 0 Å². The molecule has 112 valence electrons. The number of aliphatic hydroxyl groups is 1. The highest BCUT2D eigenvalue weighted by atomic mass is 32.2. The third-order valence-electron chi connectivity index (χ3n) is 2.45. The van der Waals surface area contributed by atoms with E-state index in [2.05, 4.69) is 5.32 Å². The second-order valence-electron chi connectivity index (χ2n) is 4.15. The molecule has 0 aromatic heterocycles. The number of carbonyl (C=O) groups excluding carboxylic acids is 1. The van der Waals surface area contributed by atoms with Crippen molar-refractivity contribution in [2.24, 2.45) is 0 Å². The summed E-state index contributed by atoms with van der Waals surface area (Å²) in [4.78, 5) is 11.6. The van der Waals surface area contributed by atoms with Gasteiger partial charge in [-0.1, -0.05) is 30.3 Å². The molecule has 1 atom stereocenters. The Kier molecular flexibility index (Phi) is 6.87. The first-order valence-corrected chi connectivity index (χ1v) is 7.17. The first-order chi connectivity index (χ1) is 9.42. The third-order valence-corrected chi connectivity index (χ3v) is 3.45. The summed E-state index contributed by atoms with van der Waals surface area (Å²) in [6, 6.07) is 8.61. The number of nitrogens with one attached hydrogen (secondary N) is 1. The molecule has 0 aliphatic carbocycles. The van der Waals surface area contributed by atoms with Gasteiger partial charge in [0.25, 0.3) is 0 Å². The zero-order valence-corrected chi connectivity index (χ0v) is 11.5. The first-order valence-electron chi connectivity index (χ1n) is 6.02. The van der Waals surface area contributed by atoms with E-state index >= 15 is 0 Å². The van der Waals surface area contributed by atoms with Crippen molar-refractivity contribution in [1.29, 1.82) is 0 Å². The number of benzene rings is 1. The Morgan fingerprint density at radius 3 is 2.50 bits per heavy atom. The van der Waals surface area contributed by atoms with Crippen LogP contribution < -0.4 is 5.32 Å². The molecule has 20 heavy (non-hydrogen) atoms. The van der Waals surface area contributed by atoms with Crippen molar-refractivity contribution in [3.05, 3.63) is 35.9 Å². The van der Waals surface area contributed by atoms with Gasteiger partial charge in [-0.15, -0.1) is 11.8 Å². The highest BCUT2D eigenvalue weighted by Gasteiger charge is 2.27. The fraction of sp³-hybridized carbons (Fsp3) is 0.462. The molecule has 7 heteroatoms. The van der Waals surface area contributed by atoms with Crippen LogP contribution in [0, 0.1) is 0 Å². The number of hydrogen-bond acceptors (Lipinski definition) is 3. The fourth-order valence-corrected chi connectivity index (χ4v) is 2.23. The summed E-state index contributed by atoms with van der Waals surface area (Å²) in [5, 5.41) is 11.6. The smallest absolute Gasteiger partial charge is 0.396 e. The van der Waals surface area contributed by atoms with Gasteiger partial charge in [-0.05, 0) is 12.0 Å². The monoisotopic (exact) mass is 307 g/mol. The van der Waals surface area contributed by atoms with Gasteiger partial charge in [-0.2, -0.15) is 13.2 Å². The van der Waals surface area contributed by atoms with Gasteiger partial charge in [0.1, 0.15) is 0 Å². The largest absolute Gasteiger partial charge is 0.397 e. The van der Waals surface area contributed by atoms with Crippen LogP contribution in [0.2, 0.25) is 0 Å². The van der Waals surface area contributed by atoms with Crippen LogP contribution in [0.5, 0.6) is 0 Å². The maximum absolute atomic E-state index is 12.0. The lowest BCUT2D eigenvalue weighted by atomic mass is 10.0. The lowest BCUT2D eigenvalue weighted by molar-refractivity contribution is -0.119. The Morgan fingerprint density at radius 2 is 1.95 bits per heavy atom. The van der Waals surface area contributed by atoms with E-state index in [1.165, 1.54) is 0 Å². The highest BCUT2D eigenvalue weighted by Crippen LogP contribution is 2.21. The molecule has 3 nitrogen and oxygen atoms in total. The zero-order chi connectivity index (χ0) is 15.0. The Balaban J connectivity index is 2.48. The number of rotatable bonds is 7. The van der Waals surface area contributed by atoms with Gasteiger partial charge in [-0.25, -0.2) is 0 Å². The molecule has 0 saturated heterocycles. The molecular formula is C13H16F3NO2S.